The number of hydrogen-bond acceptors (Lipinski definition) is 3. The first-order valence-corrected chi connectivity index (χ1v) is 9.55. The number of benzene rings is 1. The molecule has 1 saturated carbocycles. The van der Waals surface area contributed by atoms with Crippen LogP contribution >= 0.6 is 0 Å². The molecule has 1 N–H and O–H groups in total. The number of amides is 1. The Balaban J connectivity index is 1.35. The second-order valence-corrected chi connectivity index (χ2v) is 7.72. The molecule has 2 atom stereocenters. The second-order valence-electron chi connectivity index (χ2n) is 7.72. The summed E-state index contributed by atoms with van der Waals surface area (Å²) in [6.07, 6.45) is 7.22. The van der Waals surface area contributed by atoms with Gasteiger partial charge in [0.15, 0.2) is 0 Å². The van der Waals surface area contributed by atoms with Crippen molar-refractivity contribution in [2.24, 2.45) is 11.3 Å². The number of fused-ring (bicyclic) bond motifs is 2. The maximum atomic E-state index is 12.7. The number of H-pyrrole nitrogens is 1. The average molecular weight is 354 g/mol. The highest BCUT2D eigenvalue weighted by molar-refractivity contribution is 5.84. The maximum Gasteiger partial charge on any atom is 0.313 e. The quantitative estimate of drug-likeness (QED) is 0.838. The van der Waals surface area contributed by atoms with E-state index in [0.717, 1.165) is 37.6 Å². The van der Waals surface area contributed by atoms with Crippen LogP contribution in [0.2, 0.25) is 0 Å². The standard InChI is InChI=1S/C21H26N2O3/c1-26-20(25)21-11-5-7-16(21)13-23(14-21)19(24)10-4-6-15-12-22-18-9-3-2-8-17(15)18/h2-3,8-9,12,16,22H,4-7,10-11,13-14H2,1H3. The summed E-state index contributed by atoms with van der Waals surface area (Å²) < 4.78 is 5.06. The van der Waals surface area contributed by atoms with E-state index in [1.807, 2.05) is 23.2 Å². The van der Waals surface area contributed by atoms with Gasteiger partial charge in [0.1, 0.15) is 0 Å². The Morgan fingerprint density at radius 1 is 1.35 bits per heavy atom. The lowest BCUT2D eigenvalue weighted by atomic mass is 9.81. The number of aromatic nitrogens is 1. The normalized spacial score (nSPS) is 24.8. The number of likely N-dealkylation sites (tertiary alicyclic amines) is 1. The predicted octanol–water partition coefficient (Wildman–Crippen LogP) is 3.29. The van der Waals surface area contributed by atoms with Gasteiger partial charge in [-0.15, -0.1) is 0 Å². The minimum Gasteiger partial charge on any atom is -0.469 e. The summed E-state index contributed by atoms with van der Waals surface area (Å²) in [7, 11) is 1.46. The van der Waals surface area contributed by atoms with E-state index in [1.54, 1.807) is 0 Å². The third-order valence-electron chi connectivity index (χ3n) is 6.33. The molecule has 5 nitrogen and oxygen atoms in total. The van der Waals surface area contributed by atoms with E-state index in [0.29, 0.717) is 19.5 Å². The highest BCUT2D eigenvalue weighted by atomic mass is 16.5. The fourth-order valence-corrected chi connectivity index (χ4v) is 4.94. The number of esters is 1. The molecule has 0 bridgehead atoms. The molecule has 0 spiro atoms. The molecule has 0 radical (unpaired) electrons. The largest absolute Gasteiger partial charge is 0.469 e. The van der Waals surface area contributed by atoms with Crippen LogP contribution in [0.25, 0.3) is 10.9 Å². The number of ether oxygens (including phenoxy) is 1. The molecular formula is C21H26N2O3. The number of carbonyl (C=O) groups is 2. The van der Waals surface area contributed by atoms with E-state index >= 15 is 0 Å². The van der Waals surface area contributed by atoms with Crippen LogP contribution in [-0.2, 0) is 20.7 Å². The smallest absolute Gasteiger partial charge is 0.313 e. The van der Waals surface area contributed by atoms with Crippen molar-refractivity contribution in [3.63, 3.8) is 0 Å². The molecule has 1 aromatic heterocycles. The summed E-state index contributed by atoms with van der Waals surface area (Å²) in [5, 5.41) is 1.24. The fraction of sp³-hybridized carbons (Fsp3) is 0.524. The molecule has 2 fully saturated rings. The van der Waals surface area contributed by atoms with Gasteiger partial charge in [-0.05, 0) is 43.2 Å². The summed E-state index contributed by atoms with van der Waals surface area (Å²) >= 11 is 0. The molecule has 2 heterocycles. The first-order chi connectivity index (χ1) is 12.6. The van der Waals surface area contributed by atoms with Crippen molar-refractivity contribution in [1.29, 1.82) is 0 Å². The van der Waals surface area contributed by atoms with Crippen LogP contribution < -0.4 is 0 Å². The van der Waals surface area contributed by atoms with Crippen molar-refractivity contribution in [3.05, 3.63) is 36.0 Å². The van der Waals surface area contributed by atoms with Gasteiger partial charge in [0, 0.05) is 36.6 Å². The van der Waals surface area contributed by atoms with Gasteiger partial charge in [0.05, 0.1) is 12.5 Å². The predicted molar refractivity (Wildman–Crippen MR) is 99.6 cm³/mol. The van der Waals surface area contributed by atoms with Gasteiger partial charge >= 0.3 is 5.97 Å². The molecule has 1 aliphatic carbocycles. The van der Waals surface area contributed by atoms with Crippen molar-refractivity contribution in [2.75, 3.05) is 20.2 Å². The van der Waals surface area contributed by atoms with Crippen LogP contribution in [0.3, 0.4) is 0 Å². The average Bonchev–Trinajstić information content (AvgIpc) is 3.33. The van der Waals surface area contributed by atoms with E-state index in [2.05, 4.69) is 17.1 Å². The Bertz CT molecular complexity index is 828. The van der Waals surface area contributed by atoms with Gasteiger partial charge in [-0.3, -0.25) is 9.59 Å². The second kappa shape index (κ2) is 6.78. The lowest BCUT2D eigenvalue weighted by Crippen LogP contribution is -2.38. The van der Waals surface area contributed by atoms with E-state index in [4.69, 9.17) is 4.74 Å². The van der Waals surface area contributed by atoms with Crippen LogP contribution in [0.4, 0.5) is 0 Å². The monoisotopic (exact) mass is 354 g/mol. The van der Waals surface area contributed by atoms with Crippen molar-refractivity contribution < 1.29 is 14.3 Å². The first-order valence-electron chi connectivity index (χ1n) is 9.55. The van der Waals surface area contributed by atoms with Crippen LogP contribution in [0.1, 0.15) is 37.7 Å². The van der Waals surface area contributed by atoms with E-state index in [-0.39, 0.29) is 17.8 Å². The molecule has 1 amide bonds. The van der Waals surface area contributed by atoms with Crippen molar-refractivity contribution >= 4 is 22.8 Å². The van der Waals surface area contributed by atoms with E-state index in [9.17, 15) is 9.59 Å². The number of nitrogens with one attached hydrogen (secondary N) is 1. The molecular weight excluding hydrogens is 328 g/mol. The summed E-state index contributed by atoms with van der Waals surface area (Å²) in [5.74, 6) is 0.309. The summed E-state index contributed by atoms with van der Waals surface area (Å²) in [4.78, 5) is 30.2. The van der Waals surface area contributed by atoms with Gasteiger partial charge in [0.2, 0.25) is 5.91 Å². The zero-order valence-electron chi connectivity index (χ0n) is 15.3. The molecule has 26 heavy (non-hydrogen) atoms. The zero-order valence-corrected chi connectivity index (χ0v) is 15.3. The Kier molecular flexibility index (Phi) is 4.47. The summed E-state index contributed by atoms with van der Waals surface area (Å²) in [6, 6.07) is 8.25. The number of carbonyl (C=O) groups excluding carboxylic acids is 2. The first kappa shape index (κ1) is 17.1. The van der Waals surface area contributed by atoms with Crippen LogP contribution in [0.15, 0.2) is 30.5 Å². The molecule has 2 unspecified atom stereocenters. The highest BCUT2D eigenvalue weighted by Gasteiger charge is 2.56. The Hall–Kier alpha value is -2.30. The summed E-state index contributed by atoms with van der Waals surface area (Å²) in [6.45, 7) is 1.25. The van der Waals surface area contributed by atoms with Crippen LogP contribution in [0.5, 0.6) is 0 Å². The van der Waals surface area contributed by atoms with Gasteiger partial charge in [0.25, 0.3) is 0 Å². The number of methoxy groups -OCH3 is 1. The Labute approximate surface area is 153 Å². The molecule has 1 aromatic carbocycles. The number of aryl methyl sites for hydroxylation is 1. The van der Waals surface area contributed by atoms with Gasteiger partial charge in [-0.25, -0.2) is 0 Å². The minimum atomic E-state index is -0.443. The number of aromatic amines is 1. The molecule has 1 aliphatic heterocycles. The molecule has 2 aliphatic rings. The SMILES string of the molecule is COC(=O)C12CCCC1CN(C(=O)CCCc1c[nH]c3ccccc13)C2. The Morgan fingerprint density at radius 2 is 2.19 bits per heavy atom. The minimum absolute atomic E-state index is 0.130. The fourth-order valence-electron chi connectivity index (χ4n) is 4.94. The number of para-hydroxylation sites is 1. The molecule has 4 rings (SSSR count). The van der Waals surface area contributed by atoms with Gasteiger partial charge in [-0.1, -0.05) is 24.6 Å². The third kappa shape index (κ3) is 2.79. The van der Waals surface area contributed by atoms with Gasteiger partial charge in [-0.2, -0.15) is 0 Å². The van der Waals surface area contributed by atoms with Crippen LogP contribution in [-0.4, -0.2) is 42.0 Å². The zero-order chi connectivity index (χ0) is 18.1. The molecule has 1 saturated heterocycles. The molecule has 2 aromatic rings. The highest BCUT2D eigenvalue weighted by Crippen LogP contribution is 2.49. The molecule has 138 valence electrons. The maximum absolute atomic E-state index is 12.7. The topological polar surface area (TPSA) is 62.4 Å². The van der Waals surface area contributed by atoms with E-state index < -0.39 is 5.41 Å². The van der Waals surface area contributed by atoms with Gasteiger partial charge < -0.3 is 14.6 Å². The van der Waals surface area contributed by atoms with Crippen LogP contribution in [0, 0.1) is 11.3 Å². The number of rotatable bonds is 5. The lowest BCUT2D eigenvalue weighted by molar-refractivity contribution is -0.153. The number of nitrogens with zero attached hydrogens (tertiary/aromatic N) is 1. The van der Waals surface area contributed by atoms with Crippen molar-refractivity contribution in [1.82, 2.24) is 9.88 Å². The number of hydrogen-bond donors (Lipinski definition) is 1. The summed E-state index contributed by atoms with van der Waals surface area (Å²) in [5.41, 5.74) is 1.96. The Morgan fingerprint density at radius 3 is 3.04 bits per heavy atom. The third-order valence-corrected chi connectivity index (χ3v) is 6.33. The van der Waals surface area contributed by atoms with Crippen molar-refractivity contribution in [2.45, 2.75) is 38.5 Å². The van der Waals surface area contributed by atoms with Crippen molar-refractivity contribution in [3.8, 4) is 0 Å². The molecule has 5 heteroatoms. The van der Waals surface area contributed by atoms with E-state index in [1.165, 1.54) is 18.1 Å². The lowest BCUT2D eigenvalue weighted by Gasteiger charge is -2.25.